The van der Waals surface area contributed by atoms with E-state index in [1.807, 2.05) is 0 Å². The lowest BCUT2D eigenvalue weighted by Gasteiger charge is -2.39. The summed E-state index contributed by atoms with van der Waals surface area (Å²) >= 11 is 0. The van der Waals surface area contributed by atoms with Gasteiger partial charge in [0.2, 0.25) is 0 Å². The fourth-order valence-electron chi connectivity index (χ4n) is 1.77. The van der Waals surface area contributed by atoms with Crippen molar-refractivity contribution in [2.45, 2.75) is 12.5 Å². The van der Waals surface area contributed by atoms with Crippen LogP contribution in [-0.2, 0) is 0 Å². The molecule has 0 amide bonds. The number of rotatable bonds is 3. The fourth-order valence-corrected chi connectivity index (χ4v) is 1.77. The molecule has 0 saturated carbocycles. The van der Waals surface area contributed by atoms with Crippen LogP contribution in [0.4, 0.5) is 0 Å². The SMILES string of the molecule is C#CCCN1CCN(C)CC1CN. The second kappa shape index (κ2) is 5.23. The number of piperazine rings is 1. The molecule has 0 radical (unpaired) electrons. The smallest absolute Gasteiger partial charge is 0.0346 e. The maximum absolute atomic E-state index is 5.71. The van der Waals surface area contributed by atoms with Crippen LogP contribution < -0.4 is 5.73 Å². The average molecular weight is 181 g/mol. The van der Waals surface area contributed by atoms with Crippen molar-refractivity contribution in [3.63, 3.8) is 0 Å². The first-order valence-electron chi connectivity index (χ1n) is 4.84. The van der Waals surface area contributed by atoms with E-state index in [0.717, 1.165) is 39.1 Å². The third-order valence-electron chi connectivity index (χ3n) is 2.62. The number of nitrogens with two attached hydrogens (primary N) is 1. The van der Waals surface area contributed by atoms with Gasteiger partial charge in [-0.05, 0) is 7.05 Å². The number of hydrogen-bond donors (Lipinski definition) is 1. The molecule has 0 bridgehead atoms. The summed E-state index contributed by atoms with van der Waals surface area (Å²) in [4.78, 5) is 4.73. The zero-order valence-electron chi connectivity index (χ0n) is 8.37. The Kier molecular flexibility index (Phi) is 4.23. The number of likely N-dealkylation sites (N-methyl/N-ethyl adjacent to an activating group) is 1. The Labute approximate surface area is 80.9 Å². The molecule has 1 aliphatic rings. The first kappa shape index (κ1) is 10.5. The van der Waals surface area contributed by atoms with E-state index in [1.54, 1.807) is 0 Å². The van der Waals surface area contributed by atoms with Gasteiger partial charge in [-0.1, -0.05) is 0 Å². The molecule has 1 atom stereocenters. The molecule has 1 unspecified atom stereocenters. The molecule has 0 spiro atoms. The molecule has 74 valence electrons. The summed E-state index contributed by atoms with van der Waals surface area (Å²) in [6.07, 6.45) is 6.08. The zero-order valence-corrected chi connectivity index (χ0v) is 8.37. The van der Waals surface area contributed by atoms with E-state index in [-0.39, 0.29) is 0 Å². The van der Waals surface area contributed by atoms with E-state index < -0.39 is 0 Å². The number of nitrogens with zero attached hydrogens (tertiary/aromatic N) is 2. The Morgan fingerprint density at radius 1 is 1.54 bits per heavy atom. The molecular weight excluding hydrogens is 162 g/mol. The lowest BCUT2D eigenvalue weighted by molar-refractivity contribution is 0.0966. The quantitative estimate of drug-likeness (QED) is 0.601. The topological polar surface area (TPSA) is 32.5 Å². The van der Waals surface area contributed by atoms with Crippen molar-refractivity contribution in [1.29, 1.82) is 0 Å². The molecule has 0 aromatic rings. The number of terminal acetylenes is 1. The second-order valence-corrected chi connectivity index (χ2v) is 3.64. The van der Waals surface area contributed by atoms with Crippen molar-refractivity contribution < 1.29 is 0 Å². The van der Waals surface area contributed by atoms with Gasteiger partial charge >= 0.3 is 0 Å². The summed E-state index contributed by atoms with van der Waals surface area (Å²) < 4.78 is 0. The van der Waals surface area contributed by atoms with Gasteiger partial charge in [0, 0.05) is 45.2 Å². The third-order valence-corrected chi connectivity index (χ3v) is 2.62. The Bertz CT molecular complexity index is 185. The Balaban J connectivity index is 2.39. The first-order valence-corrected chi connectivity index (χ1v) is 4.84. The molecule has 13 heavy (non-hydrogen) atoms. The molecule has 2 N–H and O–H groups in total. The van der Waals surface area contributed by atoms with Crippen LogP contribution in [0.25, 0.3) is 0 Å². The Hall–Kier alpha value is -0.560. The molecule has 1 aliphatic heterocycles. The highest BCUT2D eigenvalue weighted by molar-refractivity contribution is 4.88. The number of hydrogen-bond acceptors (Lipinski definition) is 3. The maximum Gasteiger partial charge on any atom is 0.0346 e. The van der Waals surface area contributed by atoms with Crippen LogP contribution in [0.3, 0.4) is 0 Å². The second-order valence-electron chi connectivity index (χ2n) is 3.64. The van der Waals surface area contributed by atoms with Crippen molar-refractivity contribution in [1.82, 2.24) is 9.80 Å². The van der Waals surface area contributed by atoms with Gasteiger partial charge in [-0.3, -0.25) is 4.90 Å². The largest absolute Gasteiger partial charge is 0.329 e. The van der Waals surface area contributed by atoms with Crippen molar-refractivity contribution in [3.05, 3.63) is 0 Å². The molecule has 1 fully saturated rings. The molecule has 1 rings (SSSR count). The van der Waals surface area contributed by atoms with Gasteiger partial charge < -0.3 is 10.6 Å². The van der Waals surface area contributed by atoms with Gasteiger partial charge in [-0.25, -0.2) is 0 Å². The van der Waals surface area contributed by atoms with E-state index >= 15 is 0 Å². The first-order chi connectivity index (χ1) is 6.27. The standard InChI is InChI=1S/C10H19N3/c1-3-4-5-13-7-6-12(2)9-10(13)8-11/h1,10H,4-9,11H2,2H3. The third kappa shape index (κ3) is 3.00. The molecule has 0 aromatic heterocycles. The molecule has 0 aromatic carbocycles. The Morgan fingerprint density at radius 2 is 2.31 bits per heavy atom. The van der Waals surface area contributed by atoms with Crippen molar-refractivity contribution >= 4 is 0 Å². The van der Waals surface area contributed by atoms with E-state index in [4.69, 9.17) is 12.2 Å². The van der Waals surface area contributed by atoms with Crippen molar-refractivity contribution in [2.24, 2.45) is 5.73 Å². The van der Waals surface area contributed by atoms with Crippen LogP contribution in [0.5, 0.6) is 0 Å². The summed E-state index contributed by atoms with van der Waals surface area (Å²) in [6.45, 7) is 5.02. The minimum absolute atomic E-state index is 0.493. The van der Waals surface area contributed by atoms with Crippen LogP contribution in [0.15, 0.2) is 0 Å². The van der Waals surface area contributed by atoms with Crippen LogP contribution in [0.2, 0.25) is 0 Å². The van der Waals surface area contributed by atoms with E-state index in [9.17, 15) is 0 Å². The molecule has 3 heteroatoms. The van der Waals surface area contributed by atoms with Crippen LogP contribution in [0, 0.1) is 12.3 Å². The van der Waals surface area contributed by atoms with E-state index in [0.29, 0.717) is 6.04 Å². The fraction of sp³-hybridized carbons (Fsp3) is 0.800. The van der Waals surface area contributed by atoms with Gasteiger partial charge in [-0.2, -0.15) is 0 Å². The summed E-state index contributed by atoms with van der Waals surface area (Å²) in [6, 6.07) is 0.493. The van der Waals surface area contributed by atoms with Gasteiger partial charge in [0.1, 0.15) is 0 Å². The lowest BCUT2D eigenvalue weighted by Crippen LogP contribution is -2.54. The van der Waals surface area contributed by atoms with Gasteiger partial charge in [0.05, 0.1) is 0 Å². The van der Waals surface area contributed by atoms with Gasteiger partial charge in [0.25, 0.3) is 0 Å². The average Bonchev–Trinajstić information content (AvgIpc) is 2.16. The highest BCUT2D eigenvalue weighted by atomic mass is 15.3. The lowest BCUT2D eigenvalue weighted by atomic mass is 10.1. The monoisotopic (exact) mass is 181 g/mol. The normalized spacial score (nSPS) is 25.8. The zero-order chi connectivity index (χ0) is 9.68. The van der Waals surface area contributed by atoms with Crippen molar-refractivity contribution in [2.75, 3.05) is 39.8 Å². The molecule has 3 nitrogen and oxygen atoms in total. The van der Waals surface area contributed by atoms with Crippen LogP contribution in [-0.4, -0.2) is 55.6 Å². The molecule has 1 saturated heterocycles. The summed E-state index contributed by atoms with van der Waals surface area (Å²) in [5, 5.41) is 0. The minimum Gasteiger partial charge on any atom is -0.329 e. The van der Waals surface area contributed by atoms with Crippen LogP contribution >= 0.6 is 0 Å². The van der Waals surface area contributed by atoms with E-state index in [2.05, 4.69) is 22.8 Å². The highest BCUT2D eigenvalue weighted by Crippen LogP contribution is 2.07. The summed E-state index contributed by atoms with van der Waals surface area (Å²) in [5.74, 6) is 2.67. The molecule has 0 aliphatic carbocycles. The van der Waals surface area contributed by atoms with Gasteiger partial charge in [0.15, 0.2) is 0 Å². The maximum atomic E-state index is 5.71. The highest BCUT2D eigenvalue weighted by Gasteiger charge is 2.22. The Morgan fingerprint density at radius 3 is 2.92 bits per heavy atom. The summed E-state index contributed by atoms with van der Waals surface area (Å²) in [5.41, 5.74) is 5.71. The predicted molar refractivity (Wildman–Crippen MR) is 55.4 cm³/mol. The minimum atomic E-state index is 0.493. The van der Waals surface area contributed by atoms with Gasteiger partial charge in [-0.15, -0.1) is 12.3 Å². The predicted octanol–water partition coefficient (Wildman–Crippen LogP) is -0.416. The molecule has 1 heterocycles. The van der Waals surface area contributed by atoms with Crippen molar-refractivity contribution in [3.8, 4) is 12.3 Å². The summed E-state index contributed by atoms with van der Waals surface area (Å²) in [7, 11) is 2.14. The molecular formula is C10H19N3. The van der Waals surface area contributed by atoms with E-state index in [1.165, 1.54) is 0 Å². The van der Waals surface area contributed by atoms with Crippen LogP contribution in [0.1, 0.15) is 6.42 Å².